The summed E-state index contributed by atoms with van der Waals surface area (Å²) < 4.78 is 1.98. The Hall–Kier alpha value is -1.74. The average Bonchev–Trinajstić information content (AvgIpc) is 2.73. The van der Waals surface area contributed by atoms with Crippen molar-refractivity contribution in [1.82, 2.24) is 4.57 Å². The number of rotatable bonds is 5. The number of halogens is 1. The van der Waals surface area contributed by atoms with Crippen molar-refractivity contribution in [3.05, 3.63) is 58.4 Å². The largest absolute Gasteiger partial charge is 0.478 e. The Morgan fingerprint density at radius 3 is 2.79 bits per heavy atom. The van der Waals surface area contributed by atoms with Crippen LogP contribution >= 0.6 is 11.6 Å². The van der Waals surface area contributed by atoms with Crippen LogP contribution in [0.1, 0.15) is 35.0 Å². The van der Waals surface area contributed by atoms with Crippen molar-refractivity contribution in [1.29, 1.82) is 0 Å². The van der Waals surface area contributed by atoms with Gasteiger partial charge in [-0.15, -0.1) is 0 Å². The van der Waals surface area contributed by atoms with E-state index < -0.39 is 5.97 Å². The molecule has 0 aliphatic carbocycles. The number of aromatic nitrogens is 1. The molecule has 0 aliphatic heterocycles. The van der Waals surface area contributed by atoms with Gasteiger partial charge in [-0.3, -0.25) is 0 Å². The number of hydrogen-bond donors (Lipinski definition) is 1. The number of benzene rings is 1. The highest BCUT2D eigenvalue weighted by Gasteiger charge is 2.14. The molecule has 0 fully saturated rings. The summed E-state index contributed by atoms with van der Waals surface area (Å²) in [6.07, 6.45) is 3.50. The Bertz CT molecular complexity index is 590. The zero-order valence-corrected chi connectivity index (χ0v) is 11.5. The van der Waals surface area contributed by atoms with Gasteiger partial charge in [0.05, 0.1) is 5.56 Å². The summed E-state index contributed by atoms with van der Waals surface area (Å²) in [6, 6.07) is 9.28. The van der Waals surface area contributed by atoms with Crippen molar-refractivity contribution >= 4 is 17.6 Å². The Balaban J connectivity index is 2.32. The quantitative estimate of drug-likeness (QED) is 0.902. The zero-order valence-electron chi connectivity index (χ0n) is 10.8. The van der Waals surface area contributed by atoms with E-state index in [1.54, 1.807) is 6.07 Å². The van der Waals surface area contributed by atoms with Crippen LogP contribution in [0.25, 0.3) is 0 Å². The van der Waals surface area contributed by atoms with E-state index in [-0.39, 0.29) is 0 Å². The van der Waals surface area contributed by atoms with Crippen molar-refractivity contribution < 1.29 is 9.90 Å². The van der Waals surface area contributed by atoms with Crippen molar-refractivity contribution in [2.75, 3.05) is 0 Å². The Morgan fingerprint density at radius 2 is 2.16 bits per heavy atom. The van der Waals surface area contributed by atoms with Gasteiger partial charge in [0.15, 0.2) is 0 Å². The third-order valence-electron chi connectivity index (χ3n) is 3.04. The van der Waals surface area contributed by atoms with Crippen LogP contribution in [0.3, 0.4) is 0 Å². The van der Waals surface area contributed by atoms with Crippen LogP contribution in [-0.2, 0) is 13.0 Å². The molecule has 0 bridgehead atoms. The molecule has 3 nitrogen and oxygen atoms in total. The van der Waals surface area contributed by atoms with Crippen molar-refractivity contribution in [3.63, 3.8) is 0 Å². The van der Waals surface area contributed by atoms with Crippen LogP contribution in [0.15, 0.2) is 36.5 Å². The monoisotopic (exact) mass is 277 g/mol. The number of carboxylic acid groups (broad SMARTS) is 1. The summed E-state index contributed by atoms with van der Waals surface area (Å²) in [5.41, 5.74) is 2.33. The molecule has 0 saturated heterocycles. The Labute approximate surface area is 117 Å². The predicted molar refractivity (Wildman–Crippen MR) is 75.9 cm³/mol. The number of hydrogen-bond acceptors (Lipinski definition) is 1. The molecule has 2 rings (SSSR count). The molecule has 1 aromatic heterocycles. The number of carboxylic acids is 1. The van der Waals surface area contributed by atoms with Gasteiger partial charge in [0, 0.05) is 23.5 Å². The predicted octanol–water partition coefficient (Wildman–Crippen LogP) is 3.84. The van der Waals surface area contributed by atoms with Gasteiger partial charge < -0.3 is 9.67 Å². The lowest BCUT2D eigenvalue weighted by Gasteiger charge is -2.10. The summed E-state index contributed by atoms with van der Waals surface area (Å²) in [4.78, 5) is 11.2. The molecule has 0 atom stereocenters. The summed E-state index contributed by atoms with van der Waals surface area (Å²) in [7, 11) is 0. The molecule has 2 aromatic rings. The molecule has 0 radical (unpaired) electrons. The van der Waals surface area contributed by atoms with E-state index in [0.29, 0.717) is 17.1 Å². The summed E-state index contributed by atoms with van der Waals surface area (Å²) in [5, 5.41) is 9.88. The molecule has 0 aliphatic rings. The van der Waals surface area contributed by atoms with Crippen LogP contribution in [-0.4, -0.2) is 15.6 Å². The second-order valence-electron chi connectivity index (χ2n) is 4.49. The zero-order chi connectivity index (χ0) is 13.8. The van der Waals surface area contributed by atoms with Crippen molar-refractivity contribution in [2.45, 2.75) is 26.3 Å². The van der Waals surface area contributed by atoms with Gasteiger partial charge in [-0.25, -0.2) is 4.79 Å². The normalized spacial score (nSPS) is 10.6. The van der Waals surface area contributed by atoms with Gasteiger partial charge in [0.1, 0.15) is 0 Å². The molecule has 4 heteroatoms. The second kappa shape index (κ2) is 5.93. The van der Waals surface area contributed by atoms with E-state index in [0.717, 1.165) is 24.1 Å². The first kappa shape index (κ1) is 13.7. The highest BCUT2D eigenvalue weighted by Crippen LogP contribution is 2.17. The third kappa shape index (κ3) is 3.18. The first-order chi connectivity index (χ1) is 9.11. The van der Waals surface area contributed by atoms with Gasteiger partial charge in [-0.2, -0.15) is 0 Å². The lowest BCUT2D eigenvalue weighted by Crippen LogP contribution is -2.07. The molecule has 19 heavy (non-hydrogen) atoms. The first-order valence-electron chi connectivity index (χ1n) is 6.27. The van der Waals surface area contributed by atoms with Crippen molar-refractivity contribution in [3.8, 4) is 0 Å². The molecule has 0 amide bonds. The van der Waals surface area contributed by atoms with Crippen LogP contribution in [0.2, 0.25) is 5.02 Å². The van der Waals surface area contributed by atoms with Crippen LogP contribution < -0.4 is 0 Å². The van der Waals surface area contributed by atoms with Gasteiger partial charge >= 0.3 is 5.97 Å². The summed E-state index contributed by atoms with van der Waals surface area (Å²) in [5.74, 6) is -0.867. The van der Waals surface area contributed by atoms with Gasteiger partial charge in [0.25, 0.3) is 0 Å². The topological polar surface area (TPSA) is 42.2 Å². The fourth-order valence-corrected chi connectivity index (χ4v) is 2.41. The molecule has 1 aromatic carbocycles. The standard InChI is InChI=1S/C15H16ClNO2/c1-2-4-14-13(15(18)19)7-8-17(14)10-11-5-3-6-12(16)9-11/h3,5-9H,2,4,10H2,1H3,(H,18,19). The highest BCUT2D eigenvalue weighted by molar-refractivity contribution is 6.30. The molecule has 1 heterocycles. The van der Waals surface area contributed by atoms with E-state index in [1.165, 1.54) is 0 Å². The molecular formula is C15H16ClNO2. The van der Waals surface area contributed by atoms with E-state index in [1.807, 2.05) is 42.0 Å². The maximum atomic E-state index is 11.2. The second-order valence-corrected chi connectivity index (χ2v) is 4.93. The minimum absolute atomic E-state index is 0.392. The smallest absolute Gasteiger partial charge is 0.337 e. The van der Waals surface area contributed by atoms with E-state index in [4.69, 9.17) is 11.6 Å². The maximum absolute atomic E-state index is 11.2. The molecule has 0 unspecified atom stereocenters. The van der Waals surface area contributed by atoms with Crippen molar-refractivity contribution in [2.24, 2.45) is 0 Å². The fraction of sp³-hybridized carbons (Fsp3) is 0.267. The highest BCUT2D eigenvalue weighted by atomic mass is 35.5. The summed E-state index contributed by atoms with van der Waals surface area (Å²) in [6.45, 7) is 2.69. The molecule has 0 spiro atoms. The van der Waals surface area contributed by atoms with Gasteiger partial charge in [-0.1, -0.05) is 37.1 Å². The first-order valence-corrected chi connectivity index (χ1v) is 6.65. The Kier molecular flexibility index (Phi) is 4.27. The van der Waals surface area contributed by atoms with E-state index in [9.17, 15) is 9.90 Å². The van der Waals surface area contributed by atoms with Gasteiger partial charge in [0.2, 0.25) is 0 Å². The number of nitrogens with zero attached hydrogens (tertiary/aromatic N) is 1. The van der Waals surface area contributed by atoms with Crippen LogP contribution in [0.5, 0.6) is 0 Å². The van der Waals surface area contributed by atoms with Crippen LogP contribution in [0, 0.1) is 0 Å². The fourth-order valence-electron chi connectivity index (χ4n) is 2.20. The SMILES string of the molecule is CCCc1c(C(=O)O)ccn1Cc1cccc(Cl)c1. The molecular weight excluding hydrogens is 262 g/mol. The van der Waals surface area contributed by atoms with E-state index in [2.05, 4.69) is 0 Å². The average molecular weight is 278 g/mol. The lowest BCUT2D eigenvalue weighted by molar-refractivity contribution is 0.0695. The Morgan fingerprint density at radius 1 is 1.37 bits per heavy atom. The van der Waals surface area contributed by atoms with E-state index >= 15 is 0 Å². The van der Waals surface area contributed by atoms with Gasteiger partial charge in [-0.05, 0) is 30.2 Å². The maximum Gasteiger partial charge on any atom is 0.337 e. The molecule has 1 N–H and O–H groups in total. The minimum atomic E-state index is -0.867. The third-order valence-corrected chi connectivity index (χ3v) is 3.27. The number of aromatic carboxylic acids is 1. The number of carbonyl (C=O) groups is 1. The molecule has 100 valence electrons. The summed E-state index contributed by atoms with van der Waals surface area (Å²) >= 11 is 5.96. The van der Waals surface area contributed by atoms with Crippen LogP contribution in [0.4, 0.5) is 0 Å². The minimum Gasteiger partial charge on any atom is -0.478 e. The lowest BCUT2D eigenvalue weighted by atomic mass is 10.1. The molecule has 0 saturated carbocycles.